The monoisotopic (exact) mass is 293 g/mol. The second-order valence-corrected chi connectivity index (χ2v) is 4.66. The van der Waals surface area contributed by atoms with E-state index < -0.39 is 0 Å². The molecule has 118 valence electrons. The minimum Gasteiger partial charge on any atom is -0.494 e. The van der Waals surface area contributed by atoms with Gasteiger partial charge in [0.25, 0.3) is 0 Å². The van der Waals surface area contributed by atoms with E-state index in [1.807, 2.05) is 12.1 Å². The van der Waals surface area contributed by atoms with Crippen molar-refractivity contribution in [3.63, 3.8) is 0 Å². The Morgan fingerprint density at radius 2 is 2.00 bits per heavy atom. The van der Waals surface area contributed by atoms with E-state index in [0.717, 1.165) is 44.2 Å². The quantitative estimate of drug-likeness (QED) is 0.414. The maximum absolute atomic E-state index is 5.64. The molecule has 0 saturated heterocycles. The Balaban J connectivity index is 2.33. The third-order valence-electron chi connectivity index (χ3n) is 2.90. The summed E-state index contributed by atoms with van der Waals surface area (Å²) in [5.41, 5.74) is 1.25. The van der Waals surface area contributed by atoms with E-state index in [1.54, 1.807) is 14.2 Å². The summed E-state index contributed by atoms with van der Waals surface area (Å²) in [5, 5.41) is 6.47. The van der Waals surface area contributed by atoms with Gasteiger partial charge in [0.2, 0.25) is 0 Å². The molecule has 5 nitrogen and oxygen atoms in total. The van der Waals surface area contributed by atoms with Gasteiger partial charge in [-0.1, -0.05) is 19.1 Å². The molecule has 0 aliphatic carbocycles. The average molecular weight is 293 g/mol. The van der Waals surface area contributed by atoms with Gasteiger partial charge in [-0.25, -0.2) is 0 Å². The Morgan fingerprint density at radius 1 is 1.19 bits per heavy atom. The van der Waals surface area contributed by atoms with Crippen molar-refractivity contribution >= 4 is 5.96 Å². The van der Waals surface area contributed by atoms with Gasteiger partial charge in [-0.2, -0.15) is 0 Å². The van der Waals surface area contributed by atoms with Gasteiger partial charge >= 0.3 is 0 Å². The lowest BCUT2D eigenvalue weighted by Gasteiger charge is -2.12. The first-order valence-electron chi connectivity index (χ1n) is 7.45. The lowest BCUT2D eigenvalue weighted by atomic mass is 10.1. The highest BCUT2D eigenvalue weighted by Gasteiger charge is 1.99. The van der Waals surface area contributed by atoms with Crippen LogP contribution in [0, 0.1) is 0 Å². The van der Waals surface area contributed by atoms with Crippen LogP contribution in [0.25, 0.3) is 0 Å². The maximum Gasteiger partial charge on any atom is 0.191 e. The number of benzene rings is 1. The van der Waals surface area contributed by atoms with Crippen molar-refractivity contribution in [2.75, 3.05) is 40.5 Å². The molecular weight excluding hydrogens is 266 g/mol. The van der Waals surface area contributed by atoms with Crippen LogP contribution in [-0.4, -0.2) is 46.4 Å². The van der Waals surface area contributed by atoms with Crippen LogP contribution in [0.3, 0.4) is 0 Å². The standard InChI is InChI=1S/C16H27N3O2/c1-4-11-21-15-7-5-6-14(13-15)8-9-18-16(17-2)19-10-12-20-3/h5-7,13H,4,8-12H2,1-3H3,(H2,17,18,19). The highest BCUT2D eigenvalue weighted by Crippen LogP contribution is 2.13. The van der Waals surface area contributed by atoms with Crippen LogP contribution in [-0.2, 0) is 11.2 Å². The van der Waals surface area contributed by atoms with Gasteiger partial charge in [-0.3, -0.25) is 4.99 Å². The molecule has 0 aliphatic rings. The molecule has 5 heteroatoms. The van der Waals surface area contributed by atoms with E-state index in [1.165, 1.54) is 5.56 Å². The number of nitrogens with zero attached hydrogens (tertiary/aromatic N) is 1. The Hall–Kier alpha value is -1.75. The number of hydrogen-bond acceptors (Lipinski definition) is 3. The first-order chi connectivity index (χ1) is 10.3. The molecule has 21 heavy (non-hydrogen) atoms. The fourth-order valence-electron chi connectivity index (χ4n) is 1.83. The first-order valence-corrected chi connectivity index (χ1v) is 7.45. The van der Waals surface area contributed by atoms with E-state index in [2.05, 4.69) is 34.7 Å². The van der Waals surface area contributed by atoms with E-state index in [4.69, 9.17) is 9.47 Å². The molecular formula is C16H27N3O2. The van der Waals surface area contributed by atoms with Gasteiger partial charge in [0.15, 0.2) is 5.96 Å². The number of hydrogen-bond donors (Lipinski definition) is 2. The predicted molar refractivity (Wildman–Crippen MR) is 87.2 cm³/mol. The molecule has 1 aromatic rings. The normalized spacial score (nSPS) is 11.3. The summed E-state index contributed by atoms with van der Waals surface area (Å²) in [6, 6.07) is 8.24. The third kappa shape index (κ3) is 7.56. The molecule has 0 heterocycles. The molecule has 0 unspecified atom stereocenters. The van der Waals surface area contributed by atoms with Gasteiger partial charge in [0, 0.05) is 27.2 Å². The summed E-state index contributed by atoms with van der Waals surface area (Å²) < 4.78 is 10.6. The van der Waals surface area contributed by atoms with Crippen LogP contribution < -0.4 is 15.4 Å². The predicted octanol–water partition coefficient (Wildman–Crippen LogP) is 1.83. The van der Waals surface area contributed by atoms with Crippen LogP contribution in [0.5, 0.6) is 5.75 Å². The molecule has 0 atom stereocenters. The van der Waals surface area contributed by atoms with Crippen LogP contribution in [0.4, 0.5) is 0 Å². The van der Waals surface area contributed by atoms with E-state index in [0.29, 0.717) is 6.61 Å². The van der Waals surface area contributed by atoms with Crippen LogP contribution in [0.2, 0.25) is 0 Å². The van der Waals surface area contributed by atoms with Crippen molar-refractivity contribution in [1.82, 2.24) is 10.6 Å². The van der Waals surface area contributed by atoms with Gasteiger partial charge < -0.3 is 20.1 Å². The lowest BCUT2D eigenvalue weighted by Crippen LogP contribution is -2.39. The Kier molecular flexibility index (Phi) is 9.04. The number of ether oxygens (including phenoxy) is 2. The SMILES string of the molecule is CCCOc1cccc(CCNC(=NC)NCCOC)c1. The summed E-state index contributed by atoms with van der Waals surface area (Å²) >= 11 is 0. The van der Waals surface area contributed by atoms with Crippen molar-refractivity contribution in [3.8, 4) is 5.75 Å². The highest BCUT2D eigenvalue weighted by atomic mass is 16.5. The zero-order valence-corrected chi connectivity index (χ0v) is 13.3. The van der Waals surface area contributed by atoms with Crippen molar-refractivity contribution < 1.29 is 9.47 Å². The molecule has 0 aliphatic heterocycles. The minimum atomic E-state index is 0.664. The molecule has 0 aromatic heterocycles. The Morgan fingerprint density at radius 3 is 2.71 bits per heavy atom. The first kappa shape index (κ1) is 17.3. The largest absolute Gasteiger partial charge is 0.494 e. The summed E-state index contributed by atoms with van der Waals surface area (Å²) in [6.07, 6.45) is 1.95. The van der Waals surface area contributed by atoms with Crippen LogP contribution in [0.1, 0.15) is 18.9 Å². The maximum atomic E-state index is 5.64. The zero-order valence-electron chi connectivity index (χ0n) is 13.3. The van der Waals surface area contributed by atoms with Gasteiger partial charge in [0.1, 0.15) is 5.75 Å². The number of methoxy groups -OCH3 is 1. The fraction of sp³-hybridized carbons (Fsp3) is 0.562. The Bertz CT molecular complexity index is 422. The van der Waals surface area contributed by atoms with Crippen molar-refractivity contribution in [2.24, 2.45) is 4.99 Å². The van der Waals surface area contributed by atoms with Gasteiger partial charge in [0.05, 0.1) is 13.2 Å². The molecule has 0 amide bonds. The summed E-state index contributed by atoms with van der Waals surface area (Å²) in [7, 11) is 3.45. The fourth-order valence-corrected chi connectivity index (χ4v) is 1.83. The molecule has 1 aromatic carbocycles. The van der Waals surface area contributed by atoms with E-state index in [-0.39, 0.29) is 0 Å². The van der Waals surface area contributed by atoms with Crippen LogP contribution >= 0.6 is 0 Å². The summed E-state index contributed by atoms with van der Waals surface area (Å²) in [4.78, 5) is 4.16. The molecule has 0 radical (unpaired) electrons. The lowest BCUT2D eigenvalue weighted by molar-refractivity contribution is 0.203. The van der Waals surface area contributed by atoms with Crippen molar-refractivity contribution in [3.05, 3.63) is 29.8 Å². The Labute approximate surface area is 127 Å². The van der Waals surface area contributed by atoms with Crippen molar-refractivity contribution in [1.29, 1.82) is 0 Å². The second-order valence-electron chi connectivity index (χ2n) is 4.66. The topological polar surface area (TPSA) is 54.9 Å². The number of guanidine groups is 1. The van der Waals surface area contributed by atoms with E-state index >= 15 is 0 Å². The molecule has 0 spiro atoms. The summed E-state index contributed by atoms with van der Waals surface area (Å²) in [6.45, 7) is 5.10. The molecule has 0 bridgehead atoms. The zero-order chi connectivity index (χ0) is 15.3. The molecule has 2 N–H and O–H groups in total. The second kappa shape index (κ2) is 11.0. The highest BCUT2D eigenvalue weighted by molar-refractivity contribution is 5.79. The van der Waals surface area contributed by atoms with Gasteiger partial charge in [-0.15, -0.1) is 0 Å². The molecule has 1 rings (SSSR count). The number of nitrogens with one attached hydrogen (secondary N) is 2. The van der Waals surface area contributed by atoms with E-state index in [9.17, 15) is 0 Å². The minimum absolute atomic E-state index is 0.664. The van der Waals surface area contributed by atoms with Gasteiger partial charge in [-0.05, 0) is 30.5 Å². The number of aliphatic imine (C=N–C) groups is 1. The number of rotatable bonds is 9. The van der Waals surface area contributed by atoms with Crippen LogP contribution in [0.15, 0.2) is 29.3 Å². The van der Waals surface area contributed by atoms with Crippen molar-refractivity contribution in [2.45, 2.75) is 19.8 Å². The smallest absolute Gasteiger partial charge is 0.191 e. The molecule has 0 saturated carbocycles. The average Bonchev–Trinajstić information content (AvgIpc) is 2.52. The third-order valence-corrected chi connectivity index (χ3v) is 2.90. The molecule has 0 fully saturated rings. The summed E-state index contributed by atoms with van der Waals surface area (Å²) in [5.74, 6) is 1.74.